The van der Waals surface area contributed by atoms with E-state index in [1.54, 1.807) is 0 Å². The molecule has 0 fully saturated rings. The molecule has 0 saturated heterocycles. The molecule has 0 amide bonds. The molecule has 0 aliphatic heterocycles. The number of nitrogens with one attached hydrogen (secondary N) is 1. The van der Waals surface area contributed by atoms with Gasteiger partial charge in [0.05, 0.1) is 19.0 Å². The Morgan fingerprint density at radius 3 is 2.68 bits per heavy atom. The van der Waals surface area contributed by atoms with Crippen LogP contribution in [0.2, 0.25) is 0 Å². The molecule has 0 aliphatic rings. The van der Waals surface area contributed by atoms with Gasteiger partial charge in [-0.05, 0) is 33.6 Å². The van der Waals surface area contributed by atoms with Gasteiger partial charge in [-0.2, -0.15) is 5.10 Å². The molecule has 0 saturated carbocycles. The Kier molecular flexibility index (Phi) is 4.08. The Bertz CT molecular complexity index is 678. The maximum Gasteiger partial charge on any atom is 0.265 e. The Labute approximate surface area is 117 Å². The van der Waals surface area contributed by atoms with Gasteiger partial charge >= 0.3 is 0 Å². The SMILES string of the molecule is O=S(=O)(Nc1nccnn1)c1ccc(CO)cc1Br. The van der Waals surface area contributed by atoms with Gasteiger partial charge in [-0.3, -0.25) is 0 Å². The molecular formula is C10H9BrN4O3S. The van der Waals surface area contributed by atoms with Crippen molar-refractivity contribution in [3.05, 3.63) is 40.6 Å². The first-order chi connectivity index (χ1) is 9.03. The van der Waals surface area contributed by atoms with Gasteiger partial charge < -0.3 is 5.11 Å². The molecule has 2 N–H and O–H groups in total. The van der Waals surface area contributed by atoms with Gasteiger partial charge in [0, 0.05) is 4.47 Å². The molecule has 0 spiro atoms. The number of nitrogens with zero attached hydrogens (tertiary/aromatic N) is 3. The molecule has 9 heteroatoms. The highest BCUT2D eigenvalue weighted by Crippen LogP contribution is 2.24. The van der Waals surface area contributed by atoms with Gasteiger partial charge in [0.25, 0.3) is 16.0 Å². The molecule has 1 aromatic carbocycles. The summed E-state index contributed by atoms with van der Waals surface area (Å²) in [5.74, 6) is -0.111. The summed E-state index contributed by atoms with van der Waals surface area (Å²) in [6.07, 6.45) is 2.67. The number of hydrogen-bond acceptors (Lipinski definition) is 6. The molecule has 2 rings (SSSR count). The Morgan fingerprint density at radius 1 is 1.32 bits per heavy atom. The maximum atomic E-state index is 12.1. The third-order valence-corrected chi connectivity index (χ3v) is 4.48. The summed E-state index contributed by atoms with van der Waals surface area (Å²) in [6, 6.07) is 4.43. The number of hydrogen-bond donors (Lipinski definition) is 2. The first kappa shape index (κ1) is 13.8. The van der Waals surface area contributed by atoms with Gasteiger partial charge in [0.15, 0.2) is 0 Å². The number of anilines is 1. The molecule has 100 valence electrons. The molecule has 0 bridgehead atoms. The maximum absolute atomic E-state index is 12.1. The quantitative estimate of drug-likeness (QED) is 0.854. The lowest BCUT2D eigenvalue weighted by Gasteiger charge is -2.08. The van der Waals surface area contributed by atoms with Crippen LogP contribution in [0, 0.1) is 0 Å². The lowest BCUT2D eigenvalue weighted by molar-refractivity contribution is 0.281. The Hall–Kier alpha value is -1.58. The number of sulfonamides is 1. The normalized spacial score (nSPS) is 11.3. The Balaban J connectivity index is 2.35. The zero-order valence-electron chi connectivity index (χ0n) is 9.49. The average molecular weight is 345 g/mol. The highest BCUT2D eigenvalue weighted by atomic mass is 79.9. The van der Waals surface area contributed by atoms with Crippen molar-refractivity contribution in [1.29, 1.82) is 0 Å². The van der Waals surface area contributed by atoms with Crippen LogP contribution in [0.15, 0.2) is 40.0 Å². The number of aliphatic hydroxyl groups is 1. The zero-order valence-corrected chi connectivity index (χ0v) is 11.9. The summed E-state index contributed by atoms with van der Waals surface area (Å²) in [6.45, 7) is -0.169. The van der Waals surface area contributed by atoms with Gasteiger partial charge in [0.1, 0.15) is 4.90 Å². The van der Waals surface area contributed by atoms with Crippen LogP contribution in [-0.2, 0) is 16.6 Å². The van der Waals surface area contributed by atoms with E-state index in [0.717, 1.165) is 0 Å². The molecule has 0 aliphatic carbocycles. The van der Waals surface area contributed by atoms with Crippen molar-refractivity contribution in [2.45, 2.75) is 11.5 Å². The largest absolute Gasteiger partial charge is 0.392 e. The molecule has 0 radical (unpaired) electrons. The van der Waals surface area contributed by atoms with Crippen LogP contribution >= 0.6 is 15.9 Å². The number of benzene rings is 1. The second-order valence-corrected chi connectivity index (χ2v) is 6.00. The molecule has 2 aromatic rings. The predicted molar refractivity (Wildman–Crippen MR) is 70.7 cm³/mol. The minimum Gasteiger partial charge on any atom is -0.392 e. The van der Waals surface area contributed by atoms with E-state index in [9.17, 15) is 8.42 Å². The summed E-state index contributed by atoms with van der Waals surface area (Å²) in [4.78, 5) is 3.76. The van der Waals surface area contributed by atoms with E-state index in [4.69, 9.17) is 5.11 Å². The summed E-state index contributed by atoms with van der Waals surface area (Å²) in [5.41, 5.74) is 0.600. The van der Waals surface area contributed by atoms with Crippen molar-refractivity contribution in [2.75, 3.05) is 4.72 Å². The number of aromatic nitrogens is 3. The van der Waals surface area contributed by atoms with Crippen LogP contribution in [0.25, 0.3) is 0 Å². The highest BCUT2D eigenvalue weighted by Gasteiger charge is 2.19. The third kappa shape index (κ3) is 3.25. The lowest BCUT2D eigenvalue weighted by Crippen LogP contribution is -2.16. The van der Waals surface area contributed by atoms with E-state index in [2.05, 4.69) is 35.8 Å². The second kappa shape index (κ2) is 5.59. The monoisotopic (exact) mass is 344 g/mol. The number of halogens is 1. The van der Waals surface area contributed by atoms with E-state index in [1.807, 2.05) is 0 Å². The van der Waals surface area contributed by atoms with Crippen LogP contribution in [-0.4, -0.2) is 28.7 Å². The third-order valence-electron chi connectivity index (χ3n) is 2.18. The van der Waals surface area contributed by atoms with Gasteiger partial charge in [0.2, 0.25) is 0 Å². The van der Waals surface area contributed by atoms with Gasteiger partial charge in [-0.1, -0.05) is 6.07 Å². The second-order valence-electron chi connectivity index (χ2n) is 3.49. The molecule has 0 atom stereocenters. The molecular weight excluding hydrogens is 336 g/mol. The van der Waals surface area contributed by atoms with E-state index in [1.165, 1.54) is 30.6 Å². The fourth-order valence-corrected chi connectivity index (χ4v) is 3.40. The van der Waals surface area contributed by atoms with Crippen LogP contribution in [0.5, 0.6) is 0 Å². The zero-order chi connectivity index (χ0) is 13.9. The first-order valence-electron chi connectivity index (χ1n) is 5.09. The molecule has 7 nitrogen and oxygen atoms in total. The predicted octanol–water partition coefficient (Wildman–Crippen LogP) is 0.927. The van der Waals surface area contributed by atoms with Crippen molar-refractivity contribution in [1.82, 2.24) is 15.2 Å². The van der Waals surface area contributed by atoms with Crippen molar-refractivity contribution in [3.63, 3.8) is 0 Å². The molecule has 19 heavy (non-hydrogen) atoms. The molecule has 1 aromatic heterocycles. The van der Waals surface area contributed by atoms with Crippen LogP contribution in [0.1, 0.15) is 5.56 Å². The number of aliphatic hydroxyl groups excluding tert-OH is 1. The van der Waals surface area contributed by atoms with Crippen molar-refractivity contribution >= 4 is 31.9 Å². The number of rotatable bonds is 4. The molecule has 0 unspecified atom stereocenters. The first-order valence-corrected chi connectivity index (χ1v) is 7.36. The van der Waals surface area contributed by atoms with Crippen molar-refractivity contribution < 1.29 is 13.5 Å². The minimum absolute atomic E-state index is 0.0251. The smallest absolute Gasteiger partial charge is 0.265 e. The van der Waals surface area contributed by atoms with E-state index in [-0.39, 0.29) is 17.5 Å². The van der Waals surface area contributed by atoms with E-state index < -0.39 is 10.0 Å². The van der Waals surface area contributed by atoms with Crippen molar-refractivity contribution in [3.8, 4) is 0 Å². The summed E-state index contributed by atoms with van der Waals surface area (Å²) < 4.78 is 26.8. The van der Waals surface area contributed by atoms with E-state index >= 15 is 0 Å². The molecule has 1 heterocycles. The summed E-state index contributed by atoms with van der Waals surface area (Å²) in [7, 11) is -3.81. The lowest BCUT2D eigenvalue weighted by atomic mass is 10.2. The van der Waals surface area contributed by atoms with E-state index in [0.29, 0.717) is 10.0 Å². The fraction of sp³-hybridized carbons (Fsp3) is 0.100. The van der Waals surface area contributed by atoms with Gasteiger partial charge in [-0.25, -0.2) is 18.1 Å². The fourth-order valence-electron chi connectivity index (χ4n) is 1.33. The van der Waals surface area contributed by atoms with Crippen LogP contribution in [0.3, 0.4) is 0 Å². The van der Waals surface area contributed by atoms with Crippen molar-refractivity contribution in [2.24, 2.45) is 0 Å². The summed E-state index contributed by atoms with van der Waals surface area (Å²) in [5, 5.41) is 16.1. The Morgan fingerprint density at radius 2 is 2.11 bits per heavy atom. The standard InChI is InChI=1S/C10H9BrN4O3S/c11-8-5-7(6-16)1-2-9(8)19(17,18)15-10-12-3-4-13-14-10/h1-5,16H,6H2,(H,12,14,15). The average Bonchev–Trinajstić information content (AvgIpc) is 2.38. The minimum atomic E-state index is -3.81. The summed E-state index contributed by atoms with van der Waals surface area (Å²) >= 11 is 3.15. The van der Waals surface area contributed by atoms with Gasteiger partial charge in [-0.15, -0.1) is 5.10 Å². The topological polar surface area (TPSA) is 105 Å². The van der Waals surface area contributed by atoms with Crippen LogP contribution in [0.4, 0.5) is 5.95 Å². The highest BCUT2D eigenvalue weighted by molar-refractivity contribution is 9.10. The van der Waals surface area contributed by atoms with Crippen LogP contribution < -0.4 is 4.72 Å².